The van der Waals surface area contributed by atoms with Crippen LogP contribution in [-0.2, 0) is 24.3 Å². The van der Waals surface area contributed by atoms with Crippen LogP contribution in [0.5, 0.6) is 0 Å². The molecule has 4 rings (SSSR count). The minimum atomic E-state index is -0.167. The van der Waals surface area contributed by atoms with Crippen molar-refractivity contribution in [1.82, 2.24) is 20.2 Å². The molecule has 1 aliphatic heterocycles. The molecule has 0 saturated carbocycles. The van der Waals surface area contributed by atoms with Gasteiger partial charge in [0.25, 0.3) is 5.56 Å². The summed E-state index contributed by atoms with van der Waals surface area (Å²) in [5, 5.41) is 3.52. The van der Waals surface area contributed by atoms with Crippen LogP contribution in [-0.4, -0.2) is 33.9 Å². The van der Waals surface area contributed by atoms with Gasteiger partial charge in [-0.3, -0.25) is 14.5 Å². The number of fused-ring (bicyclic) bond motifs is 1. The number of carbonyl (C=O) groups excluding carboxylic acids is 1. The van der Waals surface area contributed by atoms with Crippen LogP contribution in [0.25, 0.3) is 10.9 Å². The van der Waals surface area contributed by atoms with Crippen LogP contribution in [0.1, 0.15) is 43.1 Å². The normalized spacial score (nSPS) is 17.0. The van der Waals surface area contributed by atoms with Gasteiger partial charge in [-0.1, -0.05) is 43.3 Å². The first-order chi connectivity index (χ1) is 15.1. The van der Waals surface area contributed by atoms with E-state index in [2.05, 4.69) is 51.4 Å². The average molecular weight is 419 g/mol. The number of carbonyl (C=O) groups is 1. The van der Waals surface area contributed by atoms with Crippen molar-refractivity contribution in [2.45, 2.75) is 45.7 Å². The van der Waals surface area contributed by atoms with Gasteiger partial charge < -0.3 is 10.3 Å². The number of hydrogen-bond acceptors (Lipinski definition) is 4. The molecule has 0 unspecified atom stereocenters. The van der Waals surface area contributed by atoms with E-state index in [4.69, 9.17) is 0 Å². The summed E-state index contributed by atoms with van der Waals surface area (Å²) in [6.45, 7) is 6.18. The summed E-state index contributed by atoms with van der Waals surface area (Å²) in [7, 11) is 0. The van der Waals surface area contributed by atoms with E-state index in [0.717, 1.165) is 18.0 Å². The van der Waals surface area contributed by atoms with Gasteiger partial charge in [-0.2, -0.15) is 0 Å². The molecule has 6 heteroatoms. The van der Waals surface area contributed by atoms with Crippen LogP contribution >= 0.6 is 0 Å². The Bertz CT molecular complexity index is 1090. The van der Waals surface area contributed by atoms with Crippen molar-refractivity contribution in [1.29, 1.82) is 0 Å². The van der Waals surface area contributed by atoms with E-state index in [9.17, 15) is 9.59 Å². The van der Waals surface area contributed by atoms with E-state index in [-0.39, 0.29) is 17.9 Å². The van der Waals surface area contributed by atoms with Gasteiger partial charge in [0, 0.05) is 32.5 Å². The predicted molar refractivity (Wildman–Crippen MR) is 123 cm³/mol. The second kappa shape index (κ2) is 9.88. The molecule has 2 heterocycles. The van der Waals surface area contributed by atoms with Gasteiger partial charge in [-0.15, -0.1) is 0 Å². The van der Waals surface area contributed by atoms with E-state index in [0.29, 0.717) is 29.7 Å². The van der Waals surface area contributed by atoms with Crippen molar-refractivity contribution in [2.75, 3.05) is 13.1 Å². The Morgan fingerprint density at radius 2 is 1.94 bits per heavy atom. The highest BCUT2D eigenvalue weighted by atomic mass is 16.1. The first-order valence-electron chi connectivity index (χ1n) is 11.1. The molecule has 0 radical (unpaired) electrons. The number of benzene rings is 2. The second-order valence-corrected chi connectivity index (χ2v) is 8.61. The van der Waals surface area contributed by atoms with Gasteiger partial charge in [-0.05, 0) is 48.6 Å². The van der Waals surface area contributed by atoms with Gasteiger partial charge in [0.05, 0.1) is 10.9 Å². The fourth-order valence-corrected chi connectivity index (χ4v) is 4.23. The maximum atomic E-state index is 12.3. The highest BCUT2D eigenvalue weighted by molar-refractivity contribution is 5.78. The number of hydrogen-bond donors (Lipinski definition) is 2. The van der Waals surface area contributed by atoms with Crippen LogP contribution < -0.4 is 10.9 Å². The molecule has 2 N–H and O–H groups in total. The molecule has 1 aliphatic rings. The lowest BCUT2D eigenvalue weighted by Gasteiger charge is -2.30. The molecule has 1 fully saturated rings. The van der Waals surface area contributed by atoms with E-state index >= 15 is 0 Å². The summed E-state index contributed by atoms with van der Waals surface area (Å²) < 4.78 is 0. The monoisotopic (exact) mass is 418 g/mol. The summed E-state index contributed by atoms with van der Waals surface area (Å²) in [6, 6.07) is 15.7. The lowest BCUT2D eigenvalue weighted by Crippen LogP contribution is -2.33. The van der Waals surface area contributed by atoms with Crippen molar-refractivity contribution < 1.29 is 4.79 Å². The van der Waals surface area contributed by atoms with E-state index in [1.165, 1.54) is 31.5 Å². The quantitative estimate of drug-likeness (QED) is 0.616. The fourth-order valence-electron chi connectivity index (χ4n) is 4.23. The number of rotatable bonds is 7. The van der Waals surface area contributed by atoms with Crippen molar-refractivity contribution >= 4 is 16.8 Å². The number of nitrogens with one attached hydrogen (secondary N) is 2. The van der Waals surface area contributed by atoms with Crippen molar-refractivity contribution in [2.24, 2.45) is 5.92 Å². The molecule has 1 aromatic heterocycles. The molecule has 0 aliphatic carbocycles. The Hall–Kier alpha value is -2.99. The molecule has 3 aromatic rings. The van der Waals surface area contributed by atoms with Gasteiger partial charge in [-0.25, -0.2) is 4.98 Å². The van der Waals surface area contributed by atoms with Crippen LogP contribution in [0.3, 0.4) is 0 Å². The molecule has 162 valence electrons. The number of para-hydroxylation sites is 1. The SMILES string of the molecule is C[C@@H]1CCCN(Cc2ccc(CNC(=O)CCc3nc4ccccc4c(=O)[nH]3)cc2)C1. The number of aryl methyl sites for hydroxylation is 1. The molecule has 0 bridgehead atoms. The third-order valence-corrected chi connectivity index (χ3v) is 5.91. The van der Waals surface area contributed by atoms with Gasteiger partial charge in [0.2, 0.25) is 5.91 Å². The number of piperidine rings is 1. The Kier molecular flexibility index (Phi) is 6.77. The highest BCUT2D eigenvalue weighted by Gasteiger charge is 2.16. The van der Waals surface area contributed by atoms with Crippen LogP contribution in [0.2, 0.25) is 0 Å². The number of nitrogens with zero attached hydrogens (tertiary/aromatic N) is 2. The Labute approximate surface area is 182 Å². The number of aromatic nitrogens is 2. The molecular weight excluding hydrogens is 388 g/mol. The van der Waals surface area contributed by atoms with Crippen molar-refractivity contribution in [3.63, 3.8) is 0 Å². The molecule has 1 atom stereocenters. The zero-order valence-electron chi connectivity index (χ0n) is 18.1. The standard InChI is InChI=1S/C25H30N4O2/c1-18-5-4-14-29(16-18)17-20-10-8-19(9-11-20)15-26-24(30)13-12-23-27-22-7-3-2-6-21(22)25(31)28-23/h2-3,6-11,18H,4-5,12-17H2,1H3,(H,26,30)(H,27,28,31)/t18-/m1/s1. The van der Waals surface area contributed by atoms with Crippen LogP contribution in [0.15, 0.2) is 53.3 Å². The number of H-pyrrole nitrogens is 1. The Morgan fingerprint density at radius 1 is 1.16 bits per heavy atom. The van der Waals surface area contributed by atoms with Crippen molar-refractivity contribution in [3.8, 4) is 0 Å². The lowest BCUT2D eigenvalue weighted by molar-refractivity contribution is -0.121. The minimum Gasteiger partial charge on any atom is -0.352 e. The Balaban J connectivity index is 1.25. The smallest absolute Gasteiger partial charge is 0.258 e. The largest absolute Gasteiger partial charge is 0.352 e. The van der Waals surface area contributed by atoms with E-state index in [1.807, 2.05) is 18.2 Å². The molecule has 1 amide bonds. The highest BCUT2D eigenvalue weighted by Crippen LogP contribution is 2.18. The first-order valence-corrected chi connectivity index (χ1v) is 11.1. The van der Waals surface area contributed by atoms with Crippen LogP contribution in [0, 0.1) is 5.92 Å². The average Bonchev–Trinajstić information content (AvgIpc) is 2.77. The molecule has 0 spiro atoms. The summed E-state index contributed by atoms with van der Waals surface area (Å²) in [4.78, 5) is 34.1. The molecule has 1 saturated heterocycles. The van der Waals surface area contributed by atoms with Gasteiger partial charge >= 0.3 is 0 Å². The third-order valence-electron chi connectivity index (χ3n) is 5.91. The van der Waals surface area contributed by atoms with Crippen LogP contribution in [0.4, 0.5) is 0 Å². The summed E-state index contributed by atoms with van der Waals surface area (Å²) >= 11 is 0. The lowest BCUT2D eigenvalue weighted by atomic mass is 9.99. The van der Waals surface area contributed by atoms with E-state index in [1.54, 1.807) is 6.07 Å². The number of aromatic amines is 1. The maximum Gasteiger partial charge on any atom is 0.258 e. The molecule has 2 aromatic carbocycles. The molecule has 6 nitrogen and oxygen atoms in total. The van der Waals surface area contributed by atoms with E-state index < -0.39 is 0 Å². The maximum absolute atomic E-state index is 12.3. The predicted octanol–water partition coefficient (Wildman–Crippen LogP) is 3.40. The number of amides is 1. The first kappa shape index (κ1) is 21.2. The zero-order valence-corrected chi connectivity index (χ0v) is 18.1. The molecule has 31 heavy (non-hydrogen) atoms. The third kappa shape index (κ3) is 5.79. The second-order valence-electron chi connectivity index (χ2n) is 8.61. The fraction of sp³-hybridized carbons (Fsp3) is 0.400. The van der Waals surface area contributed by atoms with Crippen molar-refractivity contribution in [3.05, 3.63) is 75.8 Å². The Morgan fingerprint density at radius 3 is 2.74 bits per heavy atom. The summed E-state index contributed by atoms with van der Waals surface area (Å²) in [6.07, 6.45) is 3.31. The summed E-state index contributed by atoms with van der Waals surface area (Å²) in [5.41, 5.74) is 2.89. The van der Waals surface area contributed by atoms with Gasteiger partial charge in [0.1, 0.15) is 5.82 Å². The minimum absolute atomic E-state index is 0.0535. The zero-order chi connectivity index (χ0) is 21.6. The topological polar surface area (TPSA) is 78.1 Å². The summed E-state index contributed by atoms with van der Waals surface area (Å²) in [5.74, 6) is 1.27. The number of likely N-dealkylation sites (tertiary alicyclic amines) is 1. The molecular formula is C25H30N4O2. The van der Waals surface area contributed by atoms with Gasteiger partial charge in [0.15, 0.2) is 0 Å².